The molecule has 0 radical (unpaired) electrons. The number of ether oxygens (including phenoxy) is 2. The Morgan fingerprint density at radius 1 is 1.60 bits per heavy atom. The highest BCUT2D eigenvalue weighted by atomic mass is 16.5. The van der Waals surface area contributed by atoms with Crippen molar-refractivity contribution in [2.45, 2.75) is 31.9 Å². The van der Waals surface area contributed by atoms with Gasteiger partial charge in [0.05, 0.1) is 12.7 Å². The average molecular weight is 216 g/mol. The maximum atomic E-state index is 5.73. The van der Waals surface area contributed by atoms with Gasteiger partial charge in [-0.15, -0.1) is 0 Å². The van der Waals surface area contributed by atoms with E-state index in [9.17, 15) is 0 Å². The van der Waals surface area contributed by atoms with Gasteiger partial charge in [0.25, 0.3) is 0 Å². The van der Waals surface area contributed by atoms with Crippen LogP contribution in [0.5, 0.6) is 0 Å². The summed E-state index contributed by atoms with van der Waals surface area (Å²) < 4.78 is 10.7. The van der Waals surface area contributed by atoms with Crippen molar-refractivity contribution in [1.29, 1.82) is 0 Å². The van der Waals surface area contributed by atoms with Gasteiger partial charge in [-0.2, -0.15) is 0 Å². The van der Waals surface area contributed by atoms with Crippen LogP contribution < -0.4 is 11.1 Å². The molecule has 0 aliphatic carbocycles. The minimum absolute atomic E-state index is 0.328. The van der Waals surface area contributed by atoms with Gasteiger partial charge in [-0.3, -0.25) is 0 Å². The molecule has 4 heteroatoms. The van der Waals surface area contributed by atoms with E-state index in [0.29, 0.717) is 24.6 Å². The Hall–Kier alpha value is -0.160. The summed E-state index contributed by atoms with van der Waals surface area (Å²) in [6.07, 6.45) is 2.74. The van der Waals surface area contributed by atoms with Gasteiger partial charge in [-0.25, -0.2) is 0 Å². The van der Waals surface area contributed by atoms with Crippen LogP contribution in [-0.2, 0) is 9.47 Å². The van der Waals surface area contributed by atoms with Crippen LogP contribution in [0.2, 0.25) is 0 Å². The maximum absolute atomic E-state index is 5.73. The molecule has 0 aromatic heterocycles. The summed E-state index contributed by atoms with van der Waals surface area (Å²) in [6, 6.07) is 0.328. The maximum Gasteiger partial charge on any atom is 0.0700 e. The van der Waals surface area contributed by atoms with E-state index in [0.717, 1.165) is 19.8 Å². The van der Waals surface area contributed by atoms with Crippen molar-refractivity contribution >= 4 is 0 Å². The standard InChI is InChI=1S/C11H24N2O2/c1-9(8-14-2)11(6-12)13-7-10-4-3-5-15-10/h9-11,13H,3-8,12H2,1-2H3. The van der Waals surface area contributed by atoms with Crippen molar-refractivity contribution in [1.82, 2.24) is 5.32 Å². The average Bonchev–Trinajstić information content (AvgIpc) is 2.72. The fraction of sp³-hybridized carbons (Fsp3) is 1.00. The third kappa shape index (κ3) is 4.47. The minimum Gasteiger partial charge on any atom is -0.384 e. The van der Waals surface area contributed by atoms with Gasteiger partial charge in [0.1, 0.15) is 0 Å². The van der Waals surface area contributed by atoms with Crippen molar-refractivity contribution in [2.24, 2.45) is 11.7 Å². The van der Waals surface area contributed by atoms with E-state index in [1.54, 1.807) is 7.11 Å². The molecule has 3 N–H and O–H groups in total. The van der Waals surface area contributed by atoms with Gasteiger partial charge < -0.3 is 20.5 Å². The lowest BCUT2D eigenvalue weighted by atomic mass is 10.0. The lowest BCUT2D eigenvalue weighted by Gasteiger charge is -2.24. The first-order chi connectivity index (χ1) is 7.27. The SMILES string of the molecule is COCC(C)C(CN)NCC1CCCO1. The van der Waals surface area contributed by atoms with Crippen LogP contribution in [0.1, 0.15) is 19.8 Å². The van der Waals surface area contributed by atoms with Gasteiger partial charge >= 0.3 is 0 Å². The lowest BCUT2D eigenvalue weighted by molar-refractivity contribution is 0.0979. The highest BCUT2D eigenvalue weighted by molar-refractivity contribution is 4.77. The first-order valence-corrected chi connectivity index (χ1v) is 5.82. The van der Waals surface area contributed by atoms with E-state index in [1.807, 2.05) is 0 Å². The highest BCUT2D eigenvalue weighted by Crippen LogP contribution is 2.11. The largest absolute Gasteiger partial charge is 0.384 e. The van der Waals surface area contributed by atoms with Crippen molar-refractivity contribution in [3.63, 3.8) is 0 Å². The van der Waals surface area contributed by atoms with Gasteiger partial charge in [0, 0.05) is 32.8 Å². The molecule has 0 saturated carbocycles. The Labute approximate surface area is 92.5 Å². The normalized spacial score (nSPS) is 25.4. The van der Waals surface area contributed by atoms with Crippen LogP contribution in [0.15, 0.2) is 0 Å². The van der Waals surface area contributed by atoms with Crippen molar-refractivity contribution in [3.8, 4) is 0 Å². The summed E-state index contributed by atoms with van der Waals surface area (Å²) in [4.78, 5) is 0. The number of methoxy groups -OCH3 is 1. The quantitative estimate of drug-likeness (QED) is 0.645. The van der Waals surface area contributed by atoms with E-state index < -0.39 is 0 Å². The molecular weight excluding hydrogens is 192 g/mol. The van der Waals surface area contributed by atoms with Gasteiger partial charge in [-0.05, 0) is 18.8 Å². The molecule has 3 atom stereocenters. The molecule has 90 valence electrons. The second-order valence-corrected chi connectivity index (χ2v) is 4.32. The monoisotopic (exact) mass is 216 g/mol. The summed E-state index contributed by atoms with van der Waals surface area (Å²) in [5.41, 5.74) is 5.73. The Balaban J connectivity index is 2.19. The van der Waals surface area contributed by atoms with E-state index in [4.69, 9.17) is 15.2 Å². The van der Waals surface area contributed by atoms with Crippen LogP contribution in [0.4, 0.5) is 0 Å². The molecule has 1 heterocycles. The molecule has 15 heavy (non-hydrogen) atoms. The molecule has 4 nitrogen and oxygen atoms in total. The summed E-state index contributed by atoms with van der Waals surface area (Å²) in [6.45, 7) is 5.38. The van der Waals surface area contributed by atoms with Crippen molar-refractivity contribution in [3.05, 3.63) is 0 Å². The predicted octanol–water partition coefficient (Wildman–Crippen LogP) is 0.365. The fourth-order valence-electron chi connectivity index (χ4n) is 1.98. The predicted molar refractivity (Wildman–Crippen MR) is 60.9 cm³/mol. The van der Waals surface area contributed by atoms with Crippen LogP contribution in [0, 0.1) is 5.92 Å². The zero-order chi connectivity index (χ0) is 11.1. The number of rotatable bonds is 7. The number of hydrogen-bond acceptors (Lipinski definition) is 4. The fourth-order valence-corrected chi connectivity index (χ4v) is 1.98. The van der Waals surface area contributed by atoms with Crippen molar-refractivity contribution in [2.75, 3.05) is 33.4 Å². The zero-order valence-corrected chi connectivity index (χ0v) is 9.87. The summed E-state index contributed by atoms with van der Waals surface area (Å²) in [7, 11) is 1.73. The molecule has 1 rings (SSSR count). The van der Waals surface area contributed by atoms with Crippen LogP contribution in [0.25, 0.3) is 0 Å². The smallest absolute Gasteiger partial charge is 0.0700 e. The number of hydrogen-bond donors (Lipinski definition) is 2. The van der Waals surface area contributed by atoms with E-state index >= 15 is 0 Å². The Bertz CT molecular complexity index is 161. The summed E-state index contributed by atoms with van der Waals surface area (Å²) in [5, 5.41) is 3.47. The first-order valence-electron chi connectivity index (χ1n) is 5.82. The second kappa shape index (κ2) is 7.17. The van der Waals surface area contributed by atoms with E-state index in [2.05, 4.69) is 12.2 Å². The van der Waals surface area contributed by atoms with Crippen LogP contribution in [-0.4, -0.2) is 45.6 Å². The number of nitrogens with two attached hydrogens (primary N) is 1. The molecular formula is C11H24N2O2. The zero-order valence-electron chi connectivity index (χ0n) is 9.87. The molecule has 1 fully saturated rings. The Kier molecular flexibility index (Phi) is 6.17. The van der Waals surface area contributed by atoms with Crippen molar-refractivity contribution < 1.29 is 9.47 Å². The highest BCUT2D eigenvalue weighted by Gasteiger charge is 2.19. The van der Waals surface area contributed by atoms with Gasteiger partial charge in [0.15, 0.2) is 0 Å². The van der Waals surface area contributed by atoms with E-state index in [1.165, 1.54) is 12.8 Å². The Morgan fingerprint density at radius 3 is 2.93 bits per heavy atom. The van der Waals surface area contributed by atoms with Gasteiger partial charge in [-0.1, -0.05) is 6.92 Å². The summed E-state index contributed by atoms with van der Waals surface area (Å²) >= 11 is 0. The lowest BCUT2D eigenvalue weighted by Crippen LogP contribution is -2.45. The topological polar surface area (TPSA) is 56.5 Å². The molecule has 1 aliphatic rings. The molecule has 0 aromatic carbocycles. The number of nitrogens with one attached hydrogen (secondary N) is 1. The minimum atomic E-state index is 0.328. The third-order valence-electron chi connectivity index (χ3n) is 3.00. The second-order valence-electron chi connectivity index (χ2n) is 4.32. The molecule has 1 saturated heterocycles. The molecule has 1 aliphatic heterocycles. The molecule has 0 amide bonds. The Morgan fingerprint density at radius 2 is 2.40 bits per heavy atom. The molecule has 0 spiro atoms. The summed E-state index contributed by atoms with van der Waals surface area (Å²) in [5.74, 6) is 0.446. The van der Waals surface area contributed by atoms with E-state index in [-0.39, 0.29) is 0 Å². The van der Waals surface area contributed by atoms with Crippen LogP contribution >= 0.6 is 0 Å². The van der Waals surface area contributed by atoms with Gasteiger partial charge in [0.2, 0.25) is 0 Å². The first kappa shape index (κ1) is 12.9. The van der Waals surface area contributed by atoms with Crippen LogP contribution in [0.3, 0.4) is 0 Å². The molecule has 0 aromatic rings. The molecule has 3 unspecified atom stereocenters. The molecule has 0 bridgehead atoms. The third-order valence-corrected chi connectivity index (χ3v) is 3.00.